The predicted octanol–water partition coefficient (Wildman–Crippen LogP) is 1.72. The van der Waals surface area contributed by atoms with Crippen molar-refractivity contribution in [1.82, 2.24) is 9.97 Å². The molecule has 1 aliphatic rings. The van der Waals surface area contributed by atoms with Crippen LogP contribution in [0.2, 0.25) is 0 Å². The second-order valence-electron chi connectivity index (χ2n) is 4.42. The van der Waals surface area contributed by atoms with E-state index < -0.39 is 0 Å². The van der Waals surface area contributed by atoms with E-state index in [9.17, 15) is 0 Å². The van der Waals surface area contributed by atoms with Gasteiger partial charge in [0.25, 0.3) is 0 Å². The second kappa shape index (κ2) is 4.74. The first-order valence-electron chi connectivity index (χ1n) is 6.09. The summed E-state index contributed by atoms with van der Waals surface area (Å²) in [5.41, 5.74) is 9.16. The predicted molar refractivity (Wildman–Crippen MR) is 69.1 cm³/mol. The molecule has 0 bridgehead atoms. The van der Waals surface area contributed by atoms with E-state index in [1.807, 2.05) is 18.2 Å². The molecule has 0 saturated carbocycles. The summed E-state index contributed by atoms with van der Waals surface area (Å²) < 4.78 is 5.37. The van der Waals surface area contributed by atoms with Crippen LogP contribution in [-0.2, 0) is 24.2 Å². The molecule has 0 aliphatic carbocycles. The normalized spacial score (nSPS) is 14.2. The van der Waals surface area contributed by atoms with E-state index in [0.717, 1.165) is 29.9 Å². The lowest BCUT2D eigenvalue weighted by Gasteiger charge is -2.17. The van der Waals surface area contributed by atoms with E-state index in [4.69, 9.17) is 10.5 Å². The number of aromatic nitrogens is 2. The Morgan fingerprint density at radius 3 is 2.83 bits per heavy atom. The standard InChI is InChI=1S/C14H15N3O/c15-14-11-9-18-7-6-12(11)16-13(17-14)8-10-4-2-1-3-5-10/h1-5H,6-9H2,(H2,15,16,17). The Hall–Kier alpha value is -1.94. The van der Waals surface area contributed by atoms with Crippen molar-refractivity contribution in [3.63, 3.8) is 0 Å². The third kappa shape index (κ3) is 2.19. The van der Waals surface area contributed by atoms with Gasteiger partial charge >= 0.3 is 0 Å². The summed E-state index contributed by atoms with van der Waals surface area (Å²) in [5.74, 6) is 1.35. The van der Waals surface area contributed by atoms with Crippen LogP contribution in [0.25, 0.3) is 0 Å². The molecule has 0 atom stereocenters. The topological polar surface area (TPSA) is 61.0 Å². The smallest absolute Gasteiger partial charge is 0.135 e. The van der Waals surface area contributed by atoms with Crippen LogP contribution in [0.5, 0.6) is 0 Å². The summed E-state index contributed by atoms with van der Waals surface area (Å²) in [7, 11) is 0. The van der Waals surface area contributed by atoms with Gasteiger partial charge in [0, 0.05) is 18.4 Å². The SMILES string of the molecule is Nc1nc(Cc2ccccc2)nc2c1COCC2. The van der Waals surface area contributed by atoms with E-state index >= 15 is 0 Å². The van der Waals surface area contributed by atoms with Crippen LogP contribution in [0.15, 0.2) is 30.3 Å². The van der Waals surface area contributed by atoms with Crippen LogP contribution in [0, 0.1) is 0 Å². The molecule has 0 saturated heterocycles. The van der Waals surface area contributed by atoms with Gasteiger partial charge in [0.1, 0.15) is 11.6 Å². The molecule has 3 rings (SSSR count). The molecule has 18 heavy (non-hydrogen) atoms. The monoisotopic (exact) mass is 241 g/mol. The number of anilines is 1. The van der Waals surface area contributed by atoms with Gasteiger partial charge in [0.05, 0.1) is 18.9 Å². The van der Waals surface area contributed by atoms with Crippen molar-refractivity contribution in [2.75, 3.05) is 12.3 Å². The molecule has 1 aromatic carbocycles. The molecular formula is C14H15N3O. The number of benzene rings is 1. The lowest BCUT2D eigenvalue weighted by atomic mass is 10.1. The fraction of sp³-hybridized carbons (Fsp3) is 0.286. The van der Waals surface area contributed by atoms with Gasteiger partial charge in [0.2, 0.25) is 0 Å². The van der Waals surface area contributed by atoms with Crippen molar-refractivity contribution >= 4 is 5.82 Å². The minimum absolute atomic E-state index is 0.535. The van der Waals surface area contributed by atoms with Gasteiger partial charge in [-0.3, -0.25) is 0 Å². The Bertz CT molecular complexity index is 554. The summed E-state index contributed by atoms with van der Waals surface area (Å²) in [4.78, 5) is 8.97. The maximum Gasteiger partial charge on any atom is 0.135 e. The van der Waals surface area contributed by atoms with Gasteiger partial charge in [-0.1, -0.05) is 30.3 Å². The Labute approximate surface area is 106 Å². The summed E-state index contributed by atoms with van der Waals surface area (Å²) >= 11 is 0. The van der Waals surface area contributed by atoms with E-state index in [-0.39, 0.29) is 0 Å². The zero-order valence-electron chi connectivity index (χ0n) is 10.1. The van der Waals surface area contributed by atoms with Gasteiger partial charge < -0.3 is 10.5 Å². The number of ether oxygens (including phenoxy) is 1. The lowest BCUT2D eigenvalue weighted by molar-refractivity contribution is 0.109. The Kier molecular flexibility index (Phi) is 2.94. The molecule has 2 aromatic rings. The van der Waals surface area contributed by atoms with E-state index in [0.29, 0.717) is 19.0 Å². The highest BCUT2D eigenvalue weighted by atomic mass is 16.5. The van der Waals surface area contributed by atoms with Gasteiger partial charge in [0.15, 0.2) is 0 Å². The minimum atomic E-state index is 0.535. The highest BCUT2D eigenvalue weighted by molar-refractivity contribution is 5.43. The van der Waals surface area contributed by atoms with Gasteiger partial charge in [-0.05, 0) is 5.56 Å². The molecule has 1 aromatic heterocycles. The molecular weight excluding hydrogens is 226 g/mol. The van der Waals surface area contributed by atoms with E-state index in [2.05, 4.69) is 22.1 Å². The summed E-state index contributed by atoms with van der Waals surface area (Å²) in [5, 5.41) is 0. The first kappa shape index (κ1) is 11.2. The van der Waals surface area contributed by atoms with Gasteiger partial charge in [-0.15, -0.1) is 0 Å². The quantitative estimate of drug-likeness (QED) is 0.869. The largest absolute Gasteiger partial charge is 0.383 e. The van der Waals surface area contributed by atoms with Crippen LogP contribution >= 0.6 is 0 Å². The number of nitrogen functional groups attached to an aromatic ring is 1. The van der Waals surface area contributed by atoms with Gasteiger partial charge in [-0.25, -0.2) is 9.97 Å². The zero-order chi connectivity index (χ0) is 12.4. The van der Waals surface area contributed by atoms with Crippen molar-refractivity contribution < 1.29 is 4.74 Å². The second-order valence-corrected chi connectivity index (χ2v) is 4.42. The molecule has 2 N–H and O–H groups in total. The molecule has 0 amide bonds. The fourth-order valence-corrected chi connectivity index (χ4v) is 2.17. The number of rotatable bonds is 2. The average Bonchev–Trinajstić information content (AvgIpc) is 2.40. The zero-order valence-corrected chi connectivity index (χ0v) is 10.1. The Morgan fingerprint density at radius 1 is 1.17 bits per heavy atom. The first-order chi connectivity index (χ1) is 8.83. The Morgan fingerprint density at radius 2 is 2.00 bits per heavy atom. The number of hydrogen-bond donors (Lipinski definition) is 1. The third-order valence-corrected chi connectivity index (χ3v) is 3.11. The molecule has 2 heterocycles. The molecule has 0 fully saturated rings. The maximum atomic E-state index is 5.96. The molecule has 0 unspecified atom stereocenters. The summed E-state index contributed by atoms with van der Waals surface area (Å²) in [6.07, 6.45) is 1.54. The van der Waals surface area contributed by atoms with Gasteiger partial charge in [-0.2, -0.15) is 0 Å². The third-order valence-electron chi connectivity index (χ3n) is 3.11. The summed E-state index contributed by atoms with van der Waals surface area (Å²) in [6.45, 7) is 1.25. The lowest BCUT2D eigenvalue weighted by Crippen LogP contribution is -2.17. The van der Waals surface area contributed by atoms with Crippen molar-refractivity contribution in [1.29, 1.82) is 0 Å². The molecule has 0 radical (unpaired) electrons. The van der Waals surface area contributed by atoms with Crippen LogP contribution in [0.4, 0.5) is 5.82 Å². The molecule has 4 heteroatoms. The van der Waals surface area contributed by atoms with Crippen LogP contribution in [-0.4, -0.2) is 16.6 Å². The first-order valence-corrected chi connectivity index (χ1v) is 6.09. The van der Waals surface area contributed by atoms with E-state index in [1.165, 1.54) is 5.56 Å². The minimum Gasteiger partial charge on any atom is -0.383 e. The highest BCUT2D eigenvalue weighted by Gasteiger charge is 2.16. The average molecular weight is 241 g/mol. The highest BCUT2D eigenvalue weighted by Crippen LogP contribution is 2.20. The number of hydrogen-bond acceptors (Lipinski definition) is 4. The fourth-order valence-electron chi connectivity index (χ4n) is 2.17. The van der Waals surface area contributed by atoms with Crippen LogP contribution < -0.4 is 5.73 Å². The molecule has 0 spiro atoms. The molecule has 4 nitrogen and oxygen atoms in total. The summed E-state index contributed by atoms with van der Waals surface area (Å²) in [6, 6.07) is 10.2. The molecule has 92 valence electrons. The number of nitrogens with zero attached hydrogens (tertiary/aromatic N) is 2. The maximum absolute atomic E-state index is 5.96. The van der Waals surface area contributed by atoms with Crippen LogP contribution in [0.3, 0.4) is 0 Å². The van der Waals surface area contributed by atoms with Crippen molar-refractivity contribution in [2.45, 2.75) is 19.4 Å². The number of fused-ring (bicyclic) bond motifs is 1. The van der Waals surface area contributed by atoms with Crippen LogP contribution in [0.1, 0.15) is 22.6 Å². The Balaban J connectivity index is 1.91. The van der Waals surface area contributed by atoms with Crippen molar-refractivity contribution in [3.05, 3.63) is 53.0 Å². The van der Waals surface area contributed by atoms with E-state index in [1.54, 1.807) is 0 Å². The van der Waals surface area contributed by atoms with Crippen molar-refractivity contribution in [2.24, 2.45) is 0 Å². The molecule has 1 aliphatic heterocycles. The van der Waals surface area contributed by atoms with Crippen molar-refractivity contribution in [3.8, 4) is 0 Å². The number of nitrogens with two attached hydrogens (primary N) is 1.